The highest BCUT2D eigenvalue weighted by molar-refractivity contribution is 5.29. The van der Waals surface area contributed by atoms with E-state index < -0.39 is 0 Å². The molecule has 0 aromatic carbocycles. The molecule has 1 aliphatic rings. The topological polar surface area (TPSA) is 55.0 Å². The van der Waals surface area contributed by atoms with Crippen LogP contribution in [0.5, 0.6) is 0 Å². The molecule has 0 radical (unpaired) electrons. The van der Waals surface area contributed by atoms with Crippen molar-refractivity contribution >= 4 is 5.95 Å². The van der Waals surface area contributed by atoms with E-state index in [2.05, 4.69) is 14.9 Å². The molecule has 16 heavy (non-hydrogen) atoms. The summed E-state index contributed by atoms with van der Waals surface area (Å²) in [6, 6.07) is 0. The lowest BCUT2D eigenvalue weighted by Crippen LogP contribution is -2.23. The first kappa shape index (κ1) is 11.3. The zero-order valence-corrected chi connectivity index (χ0v) is 9.89. The Kier molecular flexibility index (Phi) is 3.72. The molecule has 4 heteroatoms. The van der Waals surface area contributed by atoms with Crippen LogP contribution < -0.4 is 10.6 Å². The molecule has 88 valence electrons. The molecular formula is C12H20N4. The number of nitrogens with two attached hydrogens (primary N) is 1. The van der Waals surface area contributed by atoms with Crippen LogP contribution in [-0.4, -0.2) is 30.1 Å². The Bertz CT molecular complexity index is 318. The molecule has 0 atom stereocenters. The van der Waals surface area contributed by atoms with Crippen molar-refractivity contribution in [2.24, 2.45) is 5.73 Å². The number of hydrogen-bond donors (Lipinski definition) is 1. The molecule has 1 aromatic heterocycles. The standard InChI is InChI=1S/C12H20N4/c1-16(7-3-6-13)12-14-8-11(9-15-12)10-4-2-5-10/h8-10H,2-7,13H2,1H3. The van der Waals surface area contributed by atoms with Gasteiger partial charge in [-0.25, -0.2) is 9.97 Å². The molecule has 1 fully saturated rings. The van der Waals surface area contributed by atoms with Gasteiger partial charge in [-0.3, -0.25) is 0 Å². The molecular weight excluding hydrogens is 200 g/mol. The van der Waals surface area contributed by atoms with Crippen molar-refractivity contribution in [1.82, 2.24) is 9.97 Å². The Morgan fingerprint density at radius 1 is 1.38 bits per heavy atom. The maximum absolute atomic E-state index is 5.48. The van der Waals surface area contributed by atoms with Gasteiger partial charge in [-0.1, -0.05) is 6.42 Å². The summed E-state index contributed by atoms with van der Waals surface area (Å²) in [5, 5.41) is 0. The highest BCUT2D eigenvalue weighted by Gasteiger charge is 2.20. The van der Waals surface area contributed by atoms with Gasteiger partial charge in [0.25, 0.3) is 0 Å². The fourth-order valence-electron chi connectivity index (χ4n) is 1.91. The van der Waals surface area contributed by atoms with E-state index in [0.717, 1.165) is 18.9 Å². The Hall–Kier alpha value is -1.16. The molecule has 0 aliphatic heterocycles. The smallest absolute Gasteiger partial charge is 0.224 e. The summed E-state index contributed by atoms with van der Waals surface area (Å²) in [4.78, 5) is 10.9. The summed E-state index contributed by atoms with van der Waals surface area (Å²) < 4.78 is 0. The number of hydrogen-bond acceptors (Lipinski definition) is 4. The van der Waals surface area contributed by atoms with Gasteiger partial charge in [0.15, 0.2) is 0 Å². The fraction of sp³-hybridized carbons (Fsp3) is 0.667. The molecule has 1 saturated carbocycles. The van der Waals surface area contributed by atoms with Gasteiger partial charge < -0.3 is 10.6 Å². The van der Waals surface area contributed by atoms with Gasteiger partial charge in [-0.05, 0) is 37.3 Å². The van der Waals surface area contributed by atoms with E-state index in [1.165, 1.54) is 24.8 Å². The number of nitrogens with zero attached hydrogens (tertiary/aromatic N) is 3. The van der Waals surface area contributed by atoms with Gasteiger partial charge in [0.05, 0.1) is 0 Å². The zero-order chi connectivity index (χ0) is 11.4. The molecule has 4 nitrogen and oxygen atoms in total. The number of aromatic nitrogens is 2. The average Bonchev–Trinajstić information content (AvgIpc) is 2.24. The van der Waals surface area contributed by atoms with Gasteiger partial charge in [-0.2, -0.15) is 0 Å². The van der Waals surface area contributed by atoms with Gasteiger partial charge in [0, 0.05) is 26.0 Å². The lowest BCUT2D eigenvalue weighted by molar-refractivity contribution is 0.417. The second-order valence-electron chi connectivity index (χ2n) is 4.51. The van der Waals surface area contributed by atoms with Crippen LogP contribution in [-0.2, 0) is 0 Å². The number of anilines is 1. The van der Waals surface area contributed by atoms with Crippen molar-refractivity contribution in [3.8, 4) is 0 Å². The third-order valence-electron chi connectivity index (χ3n) is 3.27. The monoisotopic (exact) mass is 220 g/mol. The van der Waals surface area contributed by atoms with E-state index in [4.69, 9.17) is 5.73 Å². The van der Waals surface area contributed by atoms with Crippen molar-refractivity contribution in [3.05, 3.63) is 18.0 Å². The van der Waals surface area contributed by atoms with Crippen LogP contribution in [0.4, 0.5) is 5.95 Å². The van der Waals surface area contributed by atoms with Crippen LogP contribution in [0.3, 0.4) is 0 Å². The first-order chi connectivity index (χ1) is 7.81. The minimum atomic E-state index is 0.711. The maximum atomic E-state index is 5.48. The summed E-state index contributed by atoms with van der Waals surface area (Å²) >= 11 is 0. The largest absolute Gasteiger partial charge is 0.344 e. The molecule has 0 amide bonds. The summed E-state index contributed by atoms with van der Waals surface area (Å²) in [6.07, 6.45) is 8.88. The Labute approximate surface area is 96.9 Å². The second kappa shape index (κ2) is 5.25. The maximum Gasteiger partial charge on any atom is 0.224 e. The summed E-state index contributed by atoms with van der Waals surface area (Å²) in [7, 11) is 2.01. The minimum Gasteiger partial charge on any atom is -0.344 e. The first-order valence-electron chi connectivity index (χ1n) is 6.04. The zero-order valence-electron chi connectivity index (χ0n) is 9.89. The first-order valence-corrected chi connectivity index (χ1v) is 6.04. The van der Waals surface area contributed by atoms with Gasteiger partial charge in [0.2, 0.25) is 5.95 Å². The minimum absolute atomic E-state index is 0.711. The third kappa shape index (κ3) is 2.50. The summed E-state index contributed by atoms with van der Waals surface area (Å²) in [6.45, 7) is 1.63. The van der Waals surface area contributed by atoms with Crippen molar-refractivity contribution in [3.63, 3.8) is 0 Å². The van der Waals surface area contributed by atoms with Crippen LogP contribution in [0.15, 0.2) is 12.4 Å². The predicted molar refractivity (Wildman–Crippen MR) is 65.6 cm³/mol. The van der Waals surface area contributed by atoms with Crippen LogP contribution in [0.25, 0.3) is 0 Å². The van der Waals surface area contributed by atoms with Crippen molar-refractivity contribution in [1.29, 1.82) is 0 Å². The Morgan fingerprint density at radius 3 is 2.56 bits per heavy atom. The molecule has 2 rings (SSSR count). The van der Waals surface area contributed by atoms with E-state index in [-0.39, 0.29) is 0 Å². The molecule has 0 spiro atoms. The highest BCUT2D eigenvalue weighted by Crippen LogP contribution is 2.35. The molecule has 0 saturated heterocycles. The summed E-state index contributed by atoms with van der Waals surface area (Å²) in [5.41, 5.74) is 6.77. The molecule has 0 unspecified atom stereocenters. The van der Waals surface area contributed by atoms with Crippen LogP contribution in [0, 0.1) is 0 Å². The van der Waals surface area contributed by atoms with E-state index in [9.17, 15) is 0 Å². The van der Waals surface area contributed by atoms with Crippen LogP contribution in [0.2, 0.25) is 0 Å². The molecule has 1 heterocycles. The van der Waals surface area contributed by atoms with Crippen molar-refractivity contribution < 1.29 is 0 Å². The SMILES string of the molecule is CN(CCCN)c1ncc(C2CCC2)cn1. The second-order valence-corrected chi connectivity index (χ2v) is 4.51. The number of rotatable bonds is 5. The van der Waals surface area contributed by atoms with Crippen LogP contribution in [0.1, 0.15) is 37.2 Å². The van der Waals surface area contributed by atoms with Gasteiger partial charge >= 0.3 is 0 Å². The molecule has 1 aliphatic carbocycles. The third-order valence-corrected chi connectivity index (χ3v) is 3.27. The Morgan fingerprint density at radius 2 is 2.06 bits per heavy atom. The van der Waals surface area contributed by atoms with Crippen LogP contribution >= 0.6 is 0 Å². The quantitative estimate of drug-likeness (QED) is 0.817. The normalized spacial score (nSPS) is 15.9. The van der Waals surface area contributed by atoms with Crippen molar-refractivity contribution in [2.75, 3.05) is 25.0 Å². The average molecular weight is 220 g/mol. The van der Waals surface area contributed by atoms with E-state index >= 15 is 0 Å². The highest BCUT2D eigenvalue weighted by atomic mass is 15.2. The van der Waals surface area contributed by atoms with Crippen molar-refractivity contribution in [2.45, 2.75) is 31.6 Å². The molecule has 1 aromatic rings. The van der Waals surface area contributed by atoms with E-state index in [0.29, 0.717) is 12.5 Å². The lowest BCUT2D eigenvalue weighted by atomic mass is 9.81. The van der Waals surface area contributed by atoms with Gasteiger partial charge in [0.1, 0.15) is 0 Å². The Balaban J connectivity index is 1.95. The molecule has 2 N–H and O–H groups in total. The lowest BCUT2D eigenvalue weighted by Gasteiger charge is -2.25. The van der Waals surface area contributed by atoms with E-state index in [1.54, 1.807) is 0 Å². The van der Waals surface area contributed by atoms with Gasteiger partial charge in [-0.15, -0.1) is 0 Å². The fourth-order valence-corrected chi connectivity index (χ4v) is 1.91. The predicted octanol–water partition coefficient (Wildman–Crippen LogP) is 1.53. The molecule has 0 bridgehead atoms. The summed E-state index contributed by atoms with van der Waals surface area (Å²) in [5.74, 6) is 1.51. The van der Waals surface area contributed by atoms with E-state index in [1.807, 2.05) is 19.4 Å².